The lowest BCUT2D eigenvalue weighted by Gasteiger charge is -2.25. The predicted molar refractivity (Wildman–Crippen MR) is 93.4 cm³/mol. The van der Waals surface area contributed by atoms with E-state index in [4.69, 9.17) is 5.11 Å². The van der Waals surface area contributed by atoms with Crippen molar-refractivity contribution in [2.24, 2.45) is 0 Å². The Morgan fingerprint density at radius 2 is 1.83 bits per heavy atom. The lowest BCUT2D eigenvalue weighted by atomic mass is 9.80. The van der Waals surface area contributed by atoms with E-state index in [-0.39, 0.29) is 12.3 Å². The zero-order chi connectivity index (χ0) is 16.9. The van der Waals surface area contributed by atoms with Crippen LogP contribution in [0.4, 0.5) is 5.69 Å². The first-order valence-corrected chi connectivity index (χ1v) is 8.34. The van der Waals surface area contributed by atoms with Gasteiger partial charge in [0.15, 0.2) is 0 Å². The first-order chi connectivity index (χ1) is 11.6. The minimum atomic E-state index is -0.823. The summed E-state index contributed by atoms with van der Waals surface area (Å²) in [4.78, 5) is 23.0. The summed E-state index contributed by atoms with van der Waals surface area (Å²) in [5, 5.41) is 11.6. The van der Waals surface area contributed by atoms with Gasteiger partial charge in [0.1, 0.15) is 0 Å². The standard InChI is InChI=1S/C20H21NO3/c22-19(23)12-7-14-3-1-6-18(13-14)21-20(24)17-10-8-16(9-11-17)15-4-2-5-15/h1,3,6,8-11,13,15H,2,4-5,7,12H2,(H,21,24)(H,22,23). The van der Waals surface area contributed by atoms with Crippen LogP contribution in [0.3, 0.4) is 0 Å². The topological polar surface area (TPSA) is 66.4 Å². The minimum absolute atomic E-state index is 0.0834. The lowest BCUT2D eigenvalue weighted by Crippen LogP contribution is -2.13. The molecule has 0 spiro atoms. The van der Waals surface area contributed by atoms with Gasteiger partial charge in [-0.25, -0.2) is 0 Å². The van der Waals surface area contributed by atoms with Gasteiger partial charge < -0.3 is 10.4 Å². The summed E-state index contributed by atoms with van der Waals surface area (Å²) in [6.45, 7) is 0. The summed E-state index contributed by atoms with van der Waals surface area (Å²) in [5.41, 5.74) is 3.53. The van der Waals surface area contributed by atoms with Crippen LogP contribution in [0.25, 0.3) is 0 Å². The molecule has 3 rings (SSSR count). The van der Waals surface area contributed by atoms with Crippen LogP contribution in [0.15, 0.2) is 48.5 Å². The zero-order valence-electron chi connectivity index (χ0n) is 13.5. The molecule has 0 atom stereocenters. The molecule has 2 aromatic carbocycles. The number of carbonyl (C=O) groups excluding carboxylic acids is 1. The van der Waals surface area contributed by atoms with E-state index in [1.165, 1.54) is 24.8 Å². The molecule has 1 aliphatic rings. The number of nitrogens with one attached hydrogen (secondary N) is 1. The van der Waals surface area contributed by atoms with E-state index >= 15 is 0 Å². The van der Waals surface area contributed by atoms with E-state index in [1.54, 1.807) is 0 Å². The Morgan fingerprint density at radius 3 is 2.46 bits per heavy atom. The molecule has 4 nitrogen and oxygen atoms in total. The van der Waals surface area contributed by atoms with Crippen LogP contribution < -0.4 is 5.32 Å². The molecule has 1 saturated carbocycles. The van der Waals surface area contributed by atoms with Crippen molar-refractivity contribution >= 4 is 17.6 Å². The van der Waals surface area contributed by atoms with E-state index < -0.39 is 5.97 Å². The smallest absolute Gasteiger partial charge is 0.303 e. The number of rotatable bonds is 6. The van der Waals surface area contributed by atoms with Crippen LogP contribution in [0, 0.1) is 0 Å². The van der Waals surface area contributed by atoms with Crippen LogP contribution in [0.5, 0.6) is 0 Å². The van der Waals surface area contributed by atoms with Gasteiger partial charge in [0.2, 0.25) is 0 Å². The minimum Gasteiger partial charge on any atom is -0.481 e. The molecule has 24 heavy (non-hydrogen) atoms. The zero-order valence-corrected chi connectivity index (χ0v) is 13.5. The molecule has 0 bridgehead atoms. The molecular weight excluding hydrogens is 302 g/mol. The average Bonchev–Trinajstić information content (AvgIpc) is 2.52. The summed E-state index contributed by atoms with van der Waals surface area (Å²) in [7, 11) is 0. The van der Waals surface area contributed by atoms with Crippen molar-refractivity contribution in [2.75, 3.05) is 5.32 Å². The van der Waals surface area contributed by atoms with Crippen molar-refractivity contribution in [3.05, 3.63) is 65.2 Å². The number of benzene rings is 2. The third-order valence-electron chi connectivity index (χ3n) is 4.56. The van der Waals surface area contributed by atoms with Crippen LogP contribution in [0.1, 0.15) is 53.1 Å². The molecule has 2 N–H and O–H groups in total. The number of amides is 1. The number of carboxylic acid groups (broad SMARTS) is 1. The van der Waals surface area contributed by atoms with E-state index in [0.717, 1.165) is 5.56 Å². The Kier molecular flexibility index (Phi) is 4.94. The van der Waals surface area contributed by atoms with Crippen molar-refractivity contribution in [1.29, 1.82) is 0 Å². The molecule has 0 radical (unpaired) electrons. The van der Waals surface area contributed by atoms with Gasteiger partial charge in [-0.1, -0.05) is 30.7 Å². The van der Waals surface area contributed by atoms with Crippen LogP contribution >= 0.6 is 0 Å². The fourth-order valence-corrected chi connectivity index (χ4v) is 2.91. The molecule has 2 aromatic rings. The van der Waals surface area contributed by atoms with Gasteiger partial charge in [-0.2, -0.15) is 0 Å². The second kappa shape index (κ2) is 7.30. The Labute approximate surface area is 141 Å². The molecule has 0 aromatic heterocycles. The number of aryl methyl sites for hydroxylation is 1. The summed E-state index contributed by atoms with van der Waals surface area (Å²) in [6, 6.07) is 15.2. The molecule has 0 aliphatic heterocycles. The molecule has 0 saturated heterocycles. The van der Waals surface area contributed by atoms with E-state index in [9.17, 15) is 9.59 Å². The van der Waals surface area contributed by atoms with Gasteiger partial charge >= 0.3 is 5.97 Å². The van der Waals surface area contributed by atoms with Crippen LogP contribution in [-0.4, -0.2) is 17.0 Å². The van der Waals surface area contributed by atoms with Crippen LogP contribution in [0.2, 0.25) is 0 Å². The summed E-state index contributed by atoms with van der Waals surface area (Å²) in [6.07, 6.45) is 4.32. The summed E-state index contributed by atoms with van der Waals surface area (Å²) >= 11 is 0. The molecule has 124 valence electrons. The number of carboxylic acids is 1. The molecule has 1 amide bonds. The Hall–Kier alpha value is -2.62. The number of anilines is 1. The van der Waals surface area contributed by atoms with Gasteiger partial charge in [0.05, 0.1) is 0 Å². The number of aliphatic carboxylic acids is 1. The fraction of sp³-hybridized carbons (Fsp3) is 0.300. The van der Waals surface area contributed by atoms with E-state index in [2.05, 4.69) is 5.32 Å². The first kappa shape index (κ1) is 16.2. The maximum Gasteiger partial charge on any atom is 0.303 e. The van der Waals surface area contributed by atoms with Gasteiger partial charge in [-0.05, 0) is 60.6 Å². The monoisotopic (exact) mass is 323 g/mol. The van der Waals surface area contributed by atoms with Gasteiger partial charge in [0, 0.05) is 17.7 Å². The molecule has 1 aliphatic carbocycles. The maximum atomic E-state index is 12.4. The highest BCUT2D eigenvalue weighted by Crippen LogP contribution is 2.36. The number of hydrogen-bond acceptors (Lipinski definition) is 2. The SMILES string of the molecule is O=C(O)CCc1cccc(NC(=O)c2ccc(C3CCC3)cc2)c1. The Bertz CT molecular complexity index is 733. The van der Waals surface area contributed by atoms with Crippen LogP contribution in [-0.2, 0) is 11.2 Å². The van der Waals surface area contributed by atoms with Crippen molar-refractivity contribution < 1.29 is 14.7 Å². The molecule has 0 unspecified atom stereocenters. The van der Waals surface area contributed by atoms with E-state index in [1.807, 2.05) is 48.5 Å². The van der Waals surface area contributed by atoms with Gasteiger partial charge in [-0.3, -0.25) is 9.59 Å². The Balaban J connectivity index is 1.63. The molecular formula is C20H21NO3. The quantitative estimate of drug-likeness (QED) is 0.836. The fourth-order valence-electron chi connectivity index (χ4n) is 2.91. The molecule has 1 fully saturated rings. The maximum absolute atomic E-state index is 12.4. The molecule has 0 heterocycles. The lowest BCUT2D eigenvalue weighted by molar-refractivity contribution is -0.136. The summed E-state index contributed by atoms with van der Waals surface area (Å²) < 4.78 is 0. The Morgan fingerprint density at radius 1 is 1.08 bits per heavy atom. The molecule has 4 heteroatoms. The number of hydrogen-bond donors (Lipinski definition) is 2. The average molecular weight is 323 g/mol. The van der Waals surface area contributed by atoms with E-state index in [0.29, 0.717) is 23.6 Å². The predicted octanol–water partition coefficient (Wildman–Crippen LogP) is 4.22. The third kappa shape index (κ3) is 4.02. The van der Waals surface area contributed by atoms with Crippen molar-refractivity contribution in [3.63, 3.8) is 0 Å². The van der Waals surface area contributed by atoms with Crippen molar-refractivity contribution in [1.82, 2.24) is 0 Å². The second-order valence-electron chi connectivity index (χ2n) is 6.30. The van der Waals surface area contributed by atoms with Crippen molar-refractivity contribution in [3.8, 4) is 0 Å². The summed E-state index contributed by atoms with van der Waals surface area (Å²) in [5.74, 6) is -0.311. The van der Waals surface area contributed by atoms with Crippen molar-refractivity contribution in [2.45, 2.75) is 38.0 Å². The van der Waals surface area contributed by atoms with Gasteiger partial charge in [0.25, 0.3) is 5.91 Å². The first-order valence-electron chi connectivity index (χ1n) is 8.34. The van der Waals surface area contributed by atoms with Gasteiger partial charge in [-0.15, -0.1) is 0 Å². The largest absolute Gasteiger partial charge is 0.481 e. The highest BCUT2D eigenvalue weighted by Gasteiger charge is 2.19. The number of carbonyl (C=O) groups is 2. The normalized spacial score (nSPS) is 14.0. The highest BCUT2D eigenvalue weighted by molar-refractivity contribution is 6.04. The second-order valence-corrected chi connectivity index (χ2v) is 6.30. The highest BCUT2D eigenvalue weighted by atomic mass is 16.4. The third-order valence-corrected chi connectivity index (χ3v) is 4.56.